The van der Waals surface area contributed by atoms with E-state index in [1.807, 2.05) is 11.8 Å². The van der Waals surface area contributed by atoms with Crippen LogP contribution in [-0.4, -0.2) is 50.1 Å². The summed E-state index contributed by atoms with van der Waals surface area (Å²) in [6, 6.07) is 5.21. The van der Waals surface area contributed by atoms with Crippen LogP contribution in [0.5, 0.6) is 0 Å². The van der Waals surface area contributed by atoms with Gasteiger partial charge < -0.3 is 20.4 Å². The average Bonchev–Trinajstić information content (AvgIpc) is 3.13. The first-order valence-electron chi connectivity index (χ1n) is 12.4. The number of amides is 1. The van der Waals surface area contributed by atoms with Crippen molar-refractivity contribution in [3.05, 3.63) is 28.6 Å². The lowest BCUT2D eigenvalue weighted by molar-refractivity contribution is -0.116. The molecular weight excluding hydrogens is 434 g/mol. The normalized spacial score (nSPS) is 35.1. The average molecular weight is 470 g/mol. The van der Waals surface area contributed by atoms with Crippen molar-refractivity contribution in [1.82, 2.24) is 4.90 Å². The number of nitrogens with zero attached hydrogens (tertiary/aromatic N) is 2. The summed E-state index contributed by atoms with van der Waals surface area (Å²) in [4.78, 5) is 20.7. The fourth-order valence-electron chi connectivity index (χ4n) is 7.00. The molecule has 1 aromatic carbocycles. The maximum Gasteiger partial charge on any atom is 0.226 e. The smallest absolute Gasteiger partial charge is 0.226 e. The molecule has 1 heterocycles. The van der Waals surface area contributed by atoms with Crippen LogP contribution in [-0.2, 0) is 4.79 Å². The first kappa shape index (κ1) is 22.6. The lowest BCUT2D eigenvalue weighted by atomic mass is 9.53. The second-order valence-electron chi connectivity index (χ2n) is 10.5. The largest absolute Gasteiger partial charge is 0.515 e. The number of amidine groups is 1. The summed E-state index contributed by atoms with van der Waals surface area (Å²) in [5.41, 5.74) is 0.768. The highest BCUT2D eigenvalue weighted by Gasteiger charge is 2.51. The molecule has 0 aromatic heterocycles. The van der Waals surface area contributed by atoms with Crippen LogP contribution in [0.3, 0.4) is 0 Å². The fourth-order valence-corrected chi connectivity index (χ4v) is 8.30. The van der Waals surface area contributed by atoms with Crippen LogP contribution in [0.2, 0.25) is 0 Å². The third kappa shape index (κ3) is 4.61. The predicted octanol–water partition coefficient (Wildman–Crippen LogP) is 3.76. The molecule has 1 amide bonds. The summed E-state index contributed by atoms with van der Waals surface area (Å²) < 4.78 is 0. The van der Waals surface area contributed by atoms with Gasteiger partial charge in [-0.2, -0.15) is 0 Å². The standard InChI is InChI=1S/C26H35N3O3S/c1-2-5-29-23(10-24(32)27-22-4-3-20(14-30)21(9-22)15-31)16-33-25(29)28-26-11-17-6-18(12-26)8-19(7-17)13-26/h3-4,9,14-15,17-19,23,30-31H,2,5-8,10-13,16H2,1H3,(H,27,32). The number of nitrogens with one attached hydrogen (secondary N) is 1. The Morgan fingerprint density at radius 1 is 1.15 bits per heavy atom. The predicted molar refractivity (Wildman–Crippen MR) is 135 cm³/mol. The zero-order valence-corrected chi connectivity index (χ0v) is 20.2. The zero-order chi connectivity index (χ0) is 23.0. The summed E-state index contributed by atoms with van der Waals surface area (Å²) >= 11 is 1.83. The minimum atomic E-state index is -0.0395. The molecule has 1 unspecified atom stereocenters. The van der Waals surface area contributed by atoms with Gasteiger partial charge in [0, 0.05) is 40.9 Å². The van der Waals surface area contributed by atoms with Crippen LogP contribution in [0.25, 0.3) is 12.5 Å². The van der Waals surface area contributed by atoms with Crippen molar-refractivity contribution in [2.24, 2.45) is 22.7 Å². The molecule has 3 N–H and O–H groups in total. The molecule has 0 radical (unpaired) electrons. The summed E-state index contributed by atoms with van der Waals surface area (Å²) in [6.45, 7) is 3.12. The van der Waals surface area contributed by atoms with Crippen molar-refractivity contribution >= 4 is 41.0 Å². The summed E-state index contributed by atoms with van der Waals surface area (Å²) in [6.07, 6.45) is 11.4. The van der Waals surface area contributed by atoms with E-state index in [2.05, 4.69) is 17.1 Å². The minimum Gasteiger partial charge on any atom is -0.515 e. The van der Waals surface area contributed by atoms with Gasteiger partial charge in [-0.1, -0.05) is 18.7 Å². The van der Waals surface area contributed by atoms with Gasteiger partial charge in [0.05, 0.1) is 18.1 Å². The number of hydrogen-bond donors (Lipinski definition) is 3. The molecule has 4 aliphatic carbocycles. The summed E-state index contributed by atoms with van der Waals surface area (Å²) in [7, 11) is 0. The number of hydrogen-bond acceptors (Lipinski definition) is 5. The maximum atomic E-state index is 12.9. The van der Waals surface area contributed by atoms with Crippen molar-refractivity contribution in [2.45, 2.75) is 69.9 Å². The number of aliphatic imine (C=N–C) groups is 1. The quantitative estimate of drug-likeness (QED) is 0.591. The molecule has 1 aliphatic heterocycles. The zero-order valence-electron chi connectivity index (χ0n) is 19.4. The second-order valence-corrected chi connectivity index (χ2v) is 11.5. The number of benzene rings is 1. The van der Waals surface area contributed by atoms with E-state index in [1.54, 1.807) is 18.2 Å². The first-order valence-corrected chi connectivity index (χ1v) is 13.4. The van der Waals surface area contributed by atoms with E-state index in [0.717, 1.165) is 54.2 Å². The monoisotopic (exact) mass is 469 g/mol. The van der Waals surface area contributed by atoms with Gasteiger partial charge in [0.1, 0.15) is 0 Å². The molecule has 7 heteroatoms. The molecule has 4 bridgehead atoms. The lowest BCUT2D eigenvalue weighted by Gasteiger charge is -2.55. The van der Waals surface area contributed by atoms with E-state index >= 15 is 0 Å². The number of carbonyl (C=O) groups is 1. The highest BCUT2D eigenvalue weighted by atomic mass is 32.2. The molecule has 178 valence electrons. The van der Waals surface area contributed by atoms with Crippen molar-refractivity contribution in [1.29, 1.82) is 0 Å². The third-order valence-corrected chi connectivity index (χ3v) is 9.10. The molecule has 1 saturated heterocycles. The Balaban J connectivity index is 1.28. The minimum absolute atomic E-state index is 0.0395. The summed E-state index contributed by atoms with van der Waals surface area (Å²) in [5, 5.41) is 23.7. The number of aliphatic hydroxyl groups is 2. The van der Waals surface area contributed by atoms with Gasteiger partial charge in [-0.25, -0.2) is 0 Å². The van der Waals surface area contributed by atoms with E-state index in [0.29, 0.717) is 22.5 Å². The fraction of sp³-hybridized carbons (Fsp3) is 0.615. The molecule has 0 spiro atoms. The molecule has 5 aliphatic rings. The highest BCUT2D eigenvalue weighted by Crippen LogP contribution is 2.57. The van der Waals surface area contributed by atoms with E-state index in [-0.39, 0.29) is 17.5 Å². The lowest BCUT2D eigenvalue weighted by Crippen LogP contribution is -2.50. The number of carbonyl (C=O) groups excluding carboxylic acids is 1. The maximum absolute atomic E-state index is 12.9. The van der Waals surface area contributed by atoms with Gasteiger partial charge in [-0.05, 0) is 80.9 Å². The van der Waals surface area contributed by atoms with Crippen LogP contribution in [0, 0.1) is 17.8 Å². The van der Waals surface area contributed by atoms with Crippen LogP contribution in [0.15, 0.2) is 23.2 Å². The second kappa shape index (κ2) is 9.24. The van der Waals surface area contributed by atoms with E-state index in [1.165, 1.54) is 38.5 Å². The molecular formula is C26H35N3O3S. The van der Waals surface area contributed by atoms with Gasteiger partial charge in [-0.3, -0.25) is 9.79 Å². The van der Waals surface area contributed by atoms with Gasteiger partial charge in [-0.15, -0.1) is 0 Å². The van der Waals surface area contributed by atoms with Gasteiger partial charge in [0.2, 0.25) is 5.91 Å². The number of anilines is 1. The van der Waals surface area contributed by atoms with Crippen molar-refractivity contribution < 1.29 is 15.0 Å². The Morgan fingerprint density at radius 2 is 1.82 bits per heavy atom. The van der Waals surface area contributed by atoms with E-state index < -0.39 is 0 Å². The molecule has 5 fully saturated rings. The number of aliphatic hydroxyl groups excluding tert-OH is 2. The topological polar surface area (TPSA) is 85.2 Å². The van der Waals surface area contributed by atoms with Crippen molar-refractivity contribution in [3.63, 3.8) is 0 Å². The summed E-state index contributed by atoms with van der Waals surface area (Å²) in [5.74, 6) is 3.49. The Kier molecular flexibility index (Phi) is 6.34. The van der Waals surface area contributed by atoms with Crippen LogP contribution >= 0.6 is 11.8 Å². The van der Waals surface area contributed by atoms with Gasteiger partial charge in [0.25, 0.3) is 0 Å². The Labute approximate surface area is 199 Å². The molecule has 6 rings (SSSR count). The number of thioether (sulfide) groups is 1. The Hall–Kier alpha value is -2.15. The van der Waals surface area contributed by atoms with E-state index in [4.69, 9.17) is 4.99 Å². The molecule has 1 aromatic rings. The molecule has 1 atom stereocenters. The Morgan fingerprint density at radius 3 is 2.42 bits per heavy atom. The van der Waals surface area contributed by atoms with Crippen molar-refractivity contribution in [3.8, 4) is 0 Å². The van der Waals surface area contributed by atoms with Gasteiger partial charge >= 0.3 is 0 Å². The highest BCUT2D eigenvalue weighted by molar-refractivity contribution is 8.14. The first-order chi connectivity index (χ1) is 16.0. The van der Waals surface area contributed by atoms with Crippen LogP contribution < -0.4 is 15.8 Å². The van der Waals surface area contributed by atoms with Crippen LogP contribution in [0.1, 0.15) is 58.3 Å². The molecule has 4 saturated carbocycles. The van der Waals surface area contributed by atoms with E-state index in [9.17, 15) is 15.0 Å². The number of rotatable bonds is 6. The Bertz CT molecular complexity index is 1020. The van der Waals surface area contributed by atoms with Crippen LogP contribution in [0.4, 0.5) is 5.69 Å². The molecule has 33 heavy (non-hydrogen) atoms. The third-order valence-electron chi connectivity index (χ3n) is 7.96. The molecule has 6 nitrogen and oxygen atoms in total. The van der Waals surface area contributed by atoms with Gasteiger partial charge in [0.15, 0.2) is 5.17 Å². The SMILES string of the molecule is CCCN1C(=NC23CC4CC(CC(C4)C2)C3)SCC1CC(=O)Nc1ccc(=CO)c(=CO)c1. The van der Waals surface area contributed by atoms with Crippen molar-refractivity contribution in [2.75, 3.05) is 17.6 Å².